The van der Waals surface area contributed by atoms with Crippen molar-refractivity contribution >= 4 is 19.7 Å². The van der Waals surface area contributed by atoms with E-state index in [1.807, 2.05) is 0 Å². The maximum atomic E-state index is 12.5. The molecule has 0 heterocycles. The summed E-state index contributed by atoms with van der Waals surface area (Å²) >= 11 is 0. The van der Waals surface area contributed by atoms with Crippen molar-refractivity contribution in [2.45, 2.75) is 22.1 Å². The number of halogens is 6. The van der Waals surface area contributed by atoms with E-state index in [0.29, 0.717) is 12.1 Å². The predicted octanol–water partition coefficient (Wildman–Crippen LogP) is 5.21. The largest absolute Gasteiger partial charge is 0.416 e. The molecule has 2 aromatic rings. The molecule has 0 saturated heterocycles. The van der Waals surface area contributed by atoms with Crippen molar-refractivity contribution < 1.29 is 34.8 Å². The first-order valence-electron chi connectivity index (χ1n) is 6.18. The molecule has 2 nitrogen and oxygen atoms in total. The van der Waals surface area contributed by atoms with Crippen LogP contribution in [0.25, 0.3) is 0 Å². The van der Waals surface area contributed by atoms with Crippen molar-refractivity contribution in [1.29, 1.82) is 0 Å². The molecule has 2 aromatic carbocycles. The van der Waals surface area contributed by atoms with Crippen LogP contribution in [0.5, 0.6) is 0 Å². The highest BCUT2D eigenvalue weighted by Gasteiger charge is 2.31. The van der Waals surface area contributed by atoms with Gasteiger partial charge in [0.15, 0.2) is 0 Å². The van der Waals surface area contributed by atoms with Gasteiger partial charge in [-0.15, -0.1) is 0 Å². The van der Waals surface area contributed by atoms with E-state index in [1.54, 1.807) is 0 Å². The van der Waals surface area contributed by atoms with Crippen LogP contribution in [0.4, 0.5) is 26.3 Å². The Morgan fingerprint density at radius 3 is 1.42 bits per heavy atom. The lowest BCUT2D eigenvalue weighted by atomic mass is 10.2. The molecule has 2 rings (SSSR count). The lowest BCUT2D eigenvalue weighted by Gasteiger charge is -2.09. The number of benzene rings is 2. The Morgan fingerprint density at radius 2 is 1.04 bits per heavy atom. The summed E-state index contributed by atoms with van der Waals surface area (Å²) < 4.78 is 98.9. The predicted molar refractivity (Wildman–Crippen MR) is 75.9 cm³/mol. The fourth-order valence-corrected chi connectivity index (χ4v) is 4.47. The van der Waals surface area contributed by atoms with Crippen molar-refractivity contribution in [1.82, 2.24) is 0 Å². The molecule has 10 heteroatoms. The maximum Gasteiger partial charge on any atom is 0.416 e. The smallest absolute Gasteiger partial charge is 0.212 e. The summed E-state index contributed by atoms with van der Waals surface area (Å²) in [5.74, 6) is 0. The van der Waals surface area contributed by atoms with Gasteiger partial charge in [0, 0.05) is 15.7 Å². The minimum atomic E-state index is -4.59. The molecule has 0 aliphatic carbocycles. The molecule has 0 spiro atoms. The Labute approximate surface area is 136 Å². The molecule has 0 atom stereocenters. The Kier molecular flexibility index (Phi) is 4.91. The van der Waals surface area contributed by atoms with Gasteiger partial charge in [0.25, 0.3) is 0 Å². The van der Waals surface area contributed by atoms with Gasteiger partial charge >= 0.3 is 12.4 Å². The normalized spacial score (nSPS) is 13.1. The second-order valence-electron chi connectivity index (χ2n) is 4.58. The van der Waals surface area contributed by atoms with Gasteiger partial charge in [-0.2, -0.15) is 26.3 Å². The third kappa shape index (κ3) is 4.44. The molecule has 0 aromatic heterocycles. The summed E-state index contributed by atoms with van der Waals surface area (Å²) in [6.07, 6.45) is -9.14. The lowest BCUT2D eigenvalue weighted by Crippen LogP contribution is -2.05. The van der Waals surface area contributed by atoms with Crippen LogP contribution in [0.2, 0.25) is 0 Å². The summed E-state index contributed by atoms with van der Waals surface area (Å²) in [7, 11) is -3.80. The average molecular weight is 386 g/mol. The summed E-state index contributed by atoms with van der Waals surface area (Å²) in [5, 5.41) is 0. The fourth-order valence-electron chi connectivity index (χ4n) is 1.68. The van der Waals surface area contributed by atoms with Crippen LogP contribution in [-0.4, -0.2) is 8.42 Å². The number of rotatable bonds is 3. The number of hydrogen-bond donors (Lipinski definition) is 0. The first-order valence-corrected chi connectivity index (χ1v) is 9.00. The summed E-state index contributed by atoms with van der Waals surface area (Å²) in [6.45, 7) is 0. The minimum Gasteiger partial charge on any atom is -0.212 e. The molecule has 130 valence electrons. The highest BCUT2D eigenvalue weighted by Crippen LogP contribution is 2.35. The van der Waals surface area contributed by atoms with Gasteiger partial charge in [-0.3, -0.25) is 0 Å². The van der Waals surface area contributed by atoms with E-state index in [0.717, 1.165) is 36.4 Å². The van der Waals surface area contributed by atoms with Crippen molar-refractivity contribution in [3.05, 3.63) is 59.7 Å². The van der Waals surface area contributed by atoms with Crippen LogP contribution < -0.4 is 0 Å². The van der Waals surface area contributed by atoms with Crippen LogP contribution in [0.15, 0.2) is 58.3 Å². The Morgan fingerprint density at radius 1 is 0.667 bits per heavy atom. The molecule has 0 bridgehead atoms. The van der Waals surface area contributed by atoms with Crippen molar-refractivity contribution in [3.8, 4) is 0 Å². The molecule has 0 fully saturated rings. The molecular formula is C14H8F6O2S2. The van der Waals surface area contributed by atoms with E-state index >= 15 is 0 Å². The highest BCUT2D eigenvalue weighted by molar-refractivity contribution is 8.72. The molecule has 0 N–H and O–H groups in total. The van der Waals surface area contributed by atoms with Gasteiger partial charge < -0.3 is 0 Å². The maximum absolute atomic E-state index is 12.5. The molecule has 0 aliphatic rings. The Balaban J connectivity index is 2.22. The van der Waals surface area contributed by atoms with E-state index in [9.17, 15) is 34.8 Å². The van der Waals surface area contributed by atoms with E-state index in [4.69, 9.17) is 0 Å². The van der Waals surface area contributed by atoms with Gasteiger partial charge in [0.2, 0.25) is 8.87 Å². The number of hydrogen-bond acceptors (Lipinski definition) is 3. The van der Waals surface area contributed by atoms with Crippen LogP contribution in [0.3, 0.4) is 0 Å². The highest BCUT2D eigenvalue weighted by atomic mass is 33.1. The van der Waals surface area contributed by atoms with Crippen LogP contribution in [0.1, 0.15) is 11.1 Å². The second-order valence-corrected chi connectivity index (χ2v) is 8.42. The standard InChI is InChI=1S/C14H8F6O2S2/c15-13(16,17)9-1-5-11(6-2-9)23-24(21,22)12-7-3-10(4-8-12)14(18,19)20/h1-8H. The summed E-state index contributed by atoms with van der Waals surface area (Å²) in [5.41, 5.74) is -1.93. The Hall–Kier alpha value is -1.68. The van der Waals surface area contributed by atoms with E-state index in [1.165, 1.54) is 0 Å². The van der Waals surface area contributed by atoms with Gasteiger partial charge in [0.05, 0.1) is 16.0 Å². The first-order chi connectivity index (χ1) is 10.9. The summed E-state index contributed by atoms with van der Waals surface area (Å²) in [4.78, 5) is -0.358. The third-order valence-corrected chi connectivity index (χ3v) is 6.20. The molecule has 0 unspecified atom stereocenters. The molecule has 0 aliphatic heterocycles. The molecule has 24 heavy (non-hydrogen) atoms. The Bertz CT molecular complexity index is 806. The average Bonchev–Trinajstić information content (AvgIpc) is 2.46. The molecule has 0 amide bonds. The first kappa shape index (κ1) is 18.7. The fraction of sp³-hybridized carbons (Fsp3) is 0.143. The SMILES string of the molecule is O=S(=O)(Sc1ccc(C(F)(F)F)cc1)c1ccc(C(F)(F)F)cc1. The lowest BCUT2D eigenvalue weighted by molar-refractivity contribution is -0.138. The van der Waals surface area contributed by atoms with Crippen LogP contribution >= 0.6 is 10.8 Å². The van der Waals surface area contributed by atoms with E-state index < -0.39 is 32.3 Å². The van der Waals surface area contributed by atoms with E-state index in [-0.39, 0.29) is 20.6 Å². The van der Waals surface area contributed by atoms with Crippen molar-refractivity contribution in [2.75, 3.05) is 0 Å². The monoisotopic (exact) mass is 386 g/mol. The molecule has 0 radical (unpaired) electrons. The third-order valence-electron chi connectivity index (χ3n) is 2.86. The topological polar surface area (TPSA) is 34.1 Å². The second kappa shape index (κ2) is 6.32. The van der Waals surface area contributed by atoms with Gasteiger partial charge in [0.1, 0.15) is 0 Å². The van der Waals surface area contributed by atoms with Crippen LogP contribution in [-0.2, 0) is 21.2 Å². The molecule has 0 saturated carbocycles. The molecular weight excluding hydrogens is 378 g/mol. The van der Waals surface area contributed by atoms with Crippen molar-refractivity contribution in [2.24, 2.45) is 0 Å². The van der Waals surface area contributed by atoms with Gasteiger partial charge in [-0.1, -0.05) is 0 Å². The van der Waals surface area contributed by atoms with Gasteiger partial charge in [-0.25, -0.2) is 8.42 Å². The quantitative estimate of drug-likeness (QED) is 0.537. The summed E-state index contributed by atoms with van der Waals surface area (Å²) in [6, 6.07) is 6.27. The zero-order valence-electron chi connectivity index (χ0n) is 11.5. The van der Waals surface area contributed by atoms with Gasteiger partial charge in [-0.05, 0) is 48.5 Å². The van der Waals surface area contributed by atoms with E-state index in [2.05, 4.69) is 0 Å². The number of alkyl halides is 6. The zero-order valence-corrected chi connectivity index (χ0v) is 13.2. The zero-order chi connectivity index (χ0) is 18.2. The minimum absolute atomic E-state index is 0.0166. The van der Waals surface area contributed by atoms with Crippen molar-refractivity contribution in [3.63, 3.8) is 0 Å². The van der Waals surface area contributed by atoms with Crippen LogP contribution in [0, 0.1) is 0 Å².